The first-order valence-corrected chi connectivity index (χ1v) is 26.9. The van der Waals surface area contributed by atoms with E-state index in [1.165, 1.54) is 6.92 Å². The minimum atomic E-state index is -1.31. The molecule has 1 fully saturated rings. The zero-order valence-corrected chi connectivity index (χ0v) is 36.2. The van der Waals surface area contributed by atoms with E-state index in [-0.39, 0.29) is 18.3 Å². The summed E-state index contributed by atoms with van der Waals surface area (Å²) in [6.45, 7) is 19.4. The van der Waals surface area contributed by atoms with Crippen molar-refractivity contribution in [2.75, 3.05) is 38.2 Å². The average Bonchev–Trinajstić information content (AvgIpc) is 3.56. The third-order valence-corrected chi connectivity index (χ3v) is 13.2. The number of esters is 2. The molecule has 4 aromatic rings. The molecule has 0 unspecified atom stereocenters. The minimum absolute atomic E-state index is 0.0234. The molecular formula is C41H58BN5O6Si2. The van der Waals surface area contributed by atoms with Gasteiger partial charge in [0.05, 0.1) is 18.5 Å². The van der Waals surface area contributed by atoms with Gasteiger partial charge in [-0.1, -0.05) is 75.7 Å². The van der Waals surface area contributed by atoms with E-state index in [1.54, 1.807) is 6.92 Å². The van der Waals surface area contributed by atoms with Crippen LogP contribution in [0.3, 0.4) is 0 Å². The third-order valence-electron chi connectivity index (χ3n) is 9.82. The number of hydrogen-bond donors (Lipinski definition) is 0. The summed E-state index contributed by atoms with van der Waals surface area (Å²) in [5, 5.41) is 4.96. The summed E-state index contributed by atoms with van der Waals surface area (Å²) in [4.78, 5) is 37.1. The normalized spacial score (nSPS) is 14.9. The van der Waals surface area contributed by atoms with E-state index in [0.29, 0.717) is 39.5 Å². The number of carbonyl (C=O) groups excluding carboxylic acids is 2. The number of carbonyl (C=O) groups is 2. The summed E-state index contributed by atoms with van der Waals surface area (Å²) in [6, 6.07) is 16.4. The van der Waals surface area contributed by atoms with Crippen molar-refractivity contribution in [3.63, 3.8) is 0 Å². The smallest absolute Gasteiger partial charge is 0.374 e. The molecule has 0 N–H and O–H groups in total. The second kappa shape index (κ2) is 18.7. The van der Waals surface area contributed by atoms with Crippen LogP contribution in [0.15, 0.2) is 66.2 Å². The van der Waals surface area contributed by atoms with E-state index < -0.39 is 28.1 Å². The van der Waals surface area contributed by atoms with Crippen molar-refractivity contribution >= 4 is 52.9 Å². The van der Waals surface area contributed by atoms with Gasteiger partial charge in [-0.25, -0.2) is 9.78 Å². The molecule has 1 aliphatic carbocycles. The molecule has 0 amide bonds. The molecule has 1 saturated carbocycles. The van der Waals surface area contributed by atoms with Crippen molar-refractivity contribution in [3.05, 3.63) is 71.9 Å². The number of rotatable bonds is 17. The number of anilines is 1. The highest BCUT2D eigenvalue weighted by atomic mass is 28.3. The van der Waals surface area contributed by atoms with E-state index >= 15 is 0 Å². The summed E-state index contributed by atoms with van der Waals surface area (Å²) >= 11 is 0. The number of allylic oxidation sites excluding steroid dienone is 1. The lowest BCUT2D eigenvalue weighted by atomic mass is 9.78. The molecule has 294 valence electrons. The number of pyridine rings is 1. The minimum Gasteiger partial charge on any atom is -0.460 e. The molecule has 0 saturated heterocycles. The molecule has 1 aliphatic rings. The van der Waals surface area contributed by atoms with Gasteiger partial charge in [0.1, 0.15) is 27.1 Å². The molecule has 3 aromatic heterocycles. The largest absolute Gasteiger partial charge is 0.460 e. The maximum absolute atomic E-state index is 12.8. The van der Waals surface area contributed by atoms with Crippen LogP contribution in [-0.2, 0) is 28.5 Å². The van der Waals surface area contributed by atoms with Crippen LogP contribution in [0.1, 0.15) is 51.1 Å². The average molecular weight is 784 g/mol. The molecule has 5 rings (SSSR count). The van der Waals surface area contributed by atoms with Gasteiger partial charge in [-0.3, -0.25) is 9.78 Å². The lowest BCUT2D eigenvalue weighted by Gasteiger charge is -2.31. The Bertz CT molecular complexity index is 1930. The fourth-order valence-corrected chi connectivity index (χ4v) is 8.23. The SMILES string of the molecule is Bc1c(C2CCC(=C(OC(C)=O)C(=O)OCC)CC2)nc2c(-c3ccc(-c4ccccc4)nc3)cnn2c1N(COCC[Si](C)(C)C)COCC[Si](C)(C)C. The predicted octanol–water partition coefficient (Wildman–Crippen LogP) is 7.19. The molecular weight excluding hydrogens is 725 g/mol. The zero-order valence-electron chi connectivity index (χ0n) is 34.2. The van der Waals surface area contributed by atoms with E-state index in [9.17, 15) is 9.59 Å². The monoisotopic (exact) mass is 783 g/mol. The van der Waals surface area contributed by atoms with Crippen LogP contribution in [0.5, 0.6) is 0 Å². The zero-order chi connectivity index (χ0) is 39.8. The molecule has 0 radical (unpaired) electrons. The Morgan fingerprint density at radius 1 is 0.891 bits per heavy atom. The van der Waals surface area contributed by atoms with Crippen LogP contribution >= 0.6 is 0 Å². The number of ether oxygens (including phenoxy) is 4. The first-order valence-electron chi connectivity index (χ1n) is 19.5. The number of fused-ring (bicyclic) bond motifs is 1. The van der Waals surface area contributed by atoms with Gasteiger partial charge >= 0.3 is 11.9 Å². The van der Waals surface area contributed by atoms with Crippen molar-refractivity contribution in [2.45, 2.75) is 96.8 Å². The fourth-order valence-electron chi connectivity index (χ4n) is 6.71. The lowest BCUT2D eigenvalue weighted by Crippen LogP contribution is -2.38. The first-order chi connectivity index (χ1) is 26.1. The molecule has 0 aliphatic heterocycles. The van der Waals surface area contributed by atoms with Gasteiger partial charge in [0.15, 0.2) is 5.65 Å². The number of hydrogen-bond acceptors (Lipinski definition) is 10. The second-order valence-electron chi connectivity index (χ2n) is 16.8. The van der Waals surface area contributed by atoms with Gasteiger partial charge in [-0.15, -0.1) is 0 Å². The first kappa shape index (κ1) is 42.0. The third kappa shape index (κ3) is 11.5. The summed E-state index contributed by atoms with van der Waals surface area (Å²) in [5.41, 5.74) is 7.24. The number of aromatic nitrogens is 4. The Morgan fingerprint density at radius 3 is 2.07 bits per heavy atom. The highest BCUT2D eigenvalue weighted by Crippen LogP contribution is 2.38. The Balaban J connectivity index is 1.57. The maximum atomic E-state index is 12.8. The van der Waals surface area contributed by atoms with E-state index in [1.807, 2.05) is 41.2 Å². The molecule has 55 heavy (non-hydrogen) atoms. The molecule has 0 atom stereocenters. The Hall–Kier alpha value is -4.11. The van der Waals surface area contributed by atoms with E-state index in [2.05, 4.69) is 70.2 Å². The number of nitrogens with zero attached hydrogens (tertiary/aromatic N) is 5. The summed E-state index contributed by atoms with van der Waals surface area (Å²) in [5.74, 6) is -0.148. The Morgan fingerprint density at radius 2 is 1.53 bits per heavy atom. The van der Waals surface area contributed by atoms with Crippen molar-refractivity contribution in [1.29, 1.82) is 0 Å². The van der Waals surface area contributed by atoms with Crippen LogP contribution in [0, 0.1) is 0 Å². The van der Waals surface area contributed by atoms with E-state index in [4.69, 9.17) is 34.0 Å². The van der Waals surface area contributed by atoms with Crippen molar-refractivity contribution < 1.29 is 28.5 Å². The Labute approximate surface area is 329 Å². The molecule has 3 heterocycles. The summed E-state index contributed by atoms with van der Waals surface area (Å²) in [6.07, 6.45) is 6.36. The van der Waals surface area contributed by atoms with Crippen LogP contribution in [0.25, 0.3) is 28.0 Å². The molecule has 0 bridgehead atoms. The standard InChI is InChI=1S/C41H58BN5O6Si2/c1-9-52-41(49)38(53-29(2)48)32-17-15-31(16-18-32)37-36(42)40(46(27-50-21-23-54(3,4)5)28-51-22-24-55(6,7)8)47-39(45-37)34(26-44-47)33-19-20-35(43-25-33)30-13-11-10-12-14-30/h10-14,19-20,25-26,31H,9,15-18,21-24,27-28,42H2,1-8H3. The lowest BCUT2D eigenvalue weighted by molar-refractivity contribution is -0.150. The number of benzene rings is 1. The quantitative estimate of drug-likeness (QED) is 0.0272. The van der Waals surface area contributed by atoms with Crippen LogP contribution in [-0.4, -0.2) is 88.8 Å². The van der Waals surface area contributed by atoms with E-state index in [0.717, 1.165) is 75.5 Å². The van der Waals surface area contributed by atoms with Gasteiger partial charge in [-0.05, 0) is 61.8 Å². The molecule has 0 spiro atoms. The second-order valence-corrected chi connectivity index (χ2v) is 28.0. The molecule has 11 nitrogen and oxygen atoms in total. The topological polar surface area (TPSA) is 117 Å². The highest BCUT2D eigenvalue weighted by molar-refractivity contribution is 6.76. The van der Waals surface area contributed by atoms with Crippen molar-refractivity contribution in [1.82, 2.24) is 19.6 Å². The van der Waals surface area contributed by atoms with Gasteiger partial charge in [0.2, 0.25) is 5.76 Å². The van der Waals surface area contributed by atoms with Crippen molar-refractivity contribution in [2.24, 2.45) is 0 Å². The molecule has 14 heteroatoms. The highest BCUT2D eigenvalue weighted by Gasteiger charge is 2.30. The van der Waals surface area contributed by atoms with Gasteiger partial charge < -0.3 is 23.8 Å². The summed E-state index contributed by atoms with van der Waals surface area (Å²) < 4.78 is 25.4. The predicted molar refractivity (Wildman–Crippen MR) is 227 cm³/mol. The van der Waals surface area contributed by atoms with Crippen LogP contribution in [0.4, 0.5) is 5.82 Å². The molecule has 1 aromatic carbocycles. The van der Waals surface area contributed by atoms with Gasteiger partial charge in [0, 0.05) is 70.8 Å². The van der Waals surface area contributed by atoms with Crippen molar-refractivity contribution in [3.8, 4) is 22.4 Å². The fraction of sp³-hybridized carbons (Fsp3) is 0.488. The van der Waals surface area contributed by atoms with Crippen LogP contribution in [0.2, 0.25) is 51.4 Å². The van der Waals surface area contributed by atoms with Gasteiger partial charge in [0.25, 0.3) is 0 Å². The van der Waals surface area contributed by atoms with Crippen LogP contribution < -0.4 is 10.4 Å². The maximum Gasteiger partial charge on any atom is 0.374 e. The Kier molecular flexibility index (Phi) is 14.3. The summed E-state index contributed by atoms with van der Waals surface area (Å²) in [7, 11) is -0.500. The van der Waals surface area contributed by atoms with Gasteiger partial charge in [-0.2, -0.15) is 9.61 Å².